The summed E-state index contributed by atoms with van der Waals surface area (Å²) in [6, 6.07) is 20.9. The average Bonchev–Trinajstić information content (AvgIpc) is 3.19. The number of rotatable bonds is 6. The van der Waals surface area contributed by atoms with E-state index < -0.39 is 5.97 Å². The lowest BCUT2D eigenvalue weighted by Gasteiger charge is -2.23. The zero-order valence-corrected chi connectivity index (χ0v) is 15.2. The van der Waals surface area contributed by atoms with E-state index in [1.807, 2.05) is 61.5 Å². The summed E-state index contributed by atoms with van der Waals surface area (Å²) in [5.74, 6) is -0.735. The van der Waals surface area contributed by atoms with Crippen LogP contribution >= 0.6 is 11.3 Å². The van der Waals surface area contributed by atoms with Crippen LogP contribution in [0.25, 0.3) is 0 Å². The van der Waals surface area contributed by atoms with Gasteiger partial charge in [0.2, 0.25) is 0 Å². The van der Waals surface area contributed by atoms with Gasteiger partial charge < -0.3 is 9.64 Å². The molecule has 0 spiro atoms. The number of anilines is 1. The van der Waals surface area contributed by atoms with Crippen LogP contribution < -0.4 is 4.90 Å². The van der Waals surface area contributed by atoms with Gasteiger partial charge in [0, 0.05) is 5.69 Å². The Balaban J connectivity index is 1.75. The lowest BCUT2D eigenvalue weighted by Crippen LogP contribution is -2.34. The van der Waals surface area contributed by atoms with Crippen molar-refractivity contribution in [2.75, 3.05) is 11.5 Å². The lowest BCUT2D eigenvalue weighted by molar-refractivity contribution is -0.121. The minimum atomic E-state index is -0.475. The van der Waals surface area contributed by atoms with Crippen molar-refractivity contribution in [1.82, 2.24) is 0 Å². The van der Waals surface area contributed by atoms with Gasteiger partial charge in [0.25, 0.3) is 5.91 Å². The maximum Gasteiger partial charge on any atom is 0.348 e. The fraction of sp³-hybridized carbons (Fsp3) is 0.143. The number of hydrogen-bond donors (Lipinski definition) is 0. The number of aryl methyl sites for hydroxylation is 1. The zero-order chi connectivity index (χ0) is 18.4. The van der Waals surface area contributed by atoms with Crippen LogP contribution in [0.15, 0.2) is 72.1 Å². The zero-order valence-electron chi connectivity index (χ0n) is 14.4. The first kappa shape index (κ1) is 17.9. The van der Waals surface area contributed by atoms with Crippen molar-refractivity contribution in [3.8, 4) is 0 Å². The molecule has 0 aliphatic rings. The number of ether oxygens (including phenoxy) is 1. The molecule has 0 aliphatic heterocycles. The van der Waals surface area contributed by atoms with Crippen LogP contribution in [-0.2, 0) is 16.1 Å². The second-order valence-electron chi connectivity index (χ2n) is 5.86. The van der Waals surface area contributed by atoms with Crippen molar-refractivity contribution in [1.29, 1.82) is 0 Å². The molecular formula is C21H19NO3S. The number of hydrogen-bond acceptors (Lipinski definition) is 4. The van der Waals surface area contributed by atoms with Gasteiger partial charge in [0.05, 0.1) is 6.54 Å². The Morgan fingerprint density at radius 2 is 1.81 bits per heavy atom. The summed E-state index contributed by atoms with van der Waals surface area (Å²) in [4.78, 5) is 26.9. The smallest absolute Gasteiger partial charge is 0.348 e. The van der Waals surface area contributed by atoms with Gasteiger partial charge >= 0.3 is 5.97 Å². The third-order valence-electron chi connectivity index (χ3n) is 3.85. The molecule has 4 nitrogen and oxygen atoms in total. The highest BCUT2D eigenvalue weighted by Gasteiger charge is 2.19. The maximum atomic E-state index is 12.8. The molecular weight excluding hydrogens is 346 g/mol. The third kappa shape index (κ3) is 4.58. The van der Waals surface area contributed by atoms with E-state index in [4.69, 9.17) is 4.74 Å². The van der Waals surface area contributed by atoms with Crippen LogP contribution in [0, 0.1) is 6.92 Å². The summed E-state index contributed by atoms with van der Waals surface area (Å²) in [6.07, 6.45) is 0. The Kier molecular flexibility index (Phi) is 5.81. The summed E-state index contributed by atoms with van der Waals surface area (Å²) in [6.45, 7) is 2.10. The minimum Gasteiger partial charge on any atom is -0.451 e. The van der Waals surface area contributed by atoms with Crippen molar-refractivity contribution in [3.63, 3.8) is 0 Å². The summed E-state index contributed by atoms with van der Waals surface area (Å²) in [5.41, 5.74) is 2.85. The molecule has 0 aliphatic carbocycles. The number of carbonyl (C=O) groups is 2. The molecule has 0 bridgehead atoms. The van der Waals surface area contributed by atoms with Gasteiger partial charge in [-0.05, 0) is 41.6 Å². The molecule has 0 unspecified atom stereocenters. The molecule has 0 saturated heterocycles. The topological polar surface area (TPSA) is 46.6 Å². The monoisotopic (exact) mass is 365 g/mol. The first-order valence-electron chi connectivity index (χ1n) is 8.25. The molecule has 132 valence electrons. The predicted molar refractivity (Wildman–Crippen MR) is 103 cm³/mol. The van der Waals surface area contributed by atoms with E-state index in [9.17, 15) is 9.59 Å². The lowest BCUT2D eigenvalue weighted by atomic mass is 10.1. The first-order valence-corrected chi connectivity index (χ1v) is 9.13. The van der Waals surface area contributed by atoms with Crippen molar-refractivity contribution < 1.29 is 14.3 Å². The molecule has 1 heterocycles. The highest BCUT2D eigenvalue weighted by Crippen LogP contribution is 2.19. The largest absolute Gasteiger partial charge is 0.451 e. The summed E-state index contributed by atoms with van der Waals surface area (Å²) >= 11 is 1.29. The van der Waals surface area contributed by atoms with E-state index in [1.165, 1.54) is 11.3 Å². The molecule has 5 heteroatoms. The van der Waals surface area contributed by atoms with Gasteiger partial charge in [-0.1, -0.05) is 48.5 Å². The normalized spacial score (nSPS) is 10.3. The Morgan fingerprint density at radius 1 is 1.00 bits per heavy atom. The predicted octanol–water partition coefficient (Wildman–Crippen LogP) is 4.45. The maximum absolute atomic E-state index is 12.8. The third-order valence-corrected chi connectivity index (χ3v) is 4.70. The standard InChI is InChI=1S/C21H19NO3S/c1-16-7-5-10-18(13-16)22(14-17-8-3-2-4-9-17)20(23)15-25-21(24)19-11-6-12-26-19/h2-13H,14-15H2,1H3. The Morgan fingerprint density at radius 3 is 2.50 bits per heavy atom. The van der Waals surface area contributed by atoms with Crippen LogP contribution in [0.5, 0.6) is 0 Å². The van der Waals surface area contributed by atoms with E-state index in [0.29, 0.717) is 11.4 Å². The van der Waals surface area contributed by atoms with Crippen molar-refractivity contribution in [2.24, 2.45) is 0 Å². The van der Waals surface area contributed by atoms with Crippen LogP contribution in [0.1, 0.15) is 20.8 Å². The molecule has 0 saturated carbocycles. The molecule has 1 amide bonds. The molecule has 26 heavy (non-hydrogen) atoms. The molecule has 0 atom stereocenters. The van der Waals surface area contributed by atoms with E-state index in [0.717, 1.165) is 16.8 Å². The quantitative estimate of drug-likeness (QED) is 0.607. The molecule has 0 radical (unpaired) electrons. The van der Waals surface area contributed by atoms with Crippen LogP contribution in [0.2, 0.25) is 0 Å². The van der Waals surface area contributed by atoms with Crippen molar-refractivity contribution in [3.05, 3.63) is 88.1 Å². The number of thiophene rings is 1. The van der Waals surface area contributed by atoms with Crippen LogP contribution in [-0.4, -0.2) is 18.5 Å². The summed E-state index contributed by atoms with van der Waals surface area (Å²) in [5, 5.41) is 1.80. The molecule has 3 aromatic rings. The van der Waals surface area contributed by atoms with Gasteiger partial charge in [-0.15, -0.1) is 11.3 Å². The highest BCUT2D eigenvalue weighted by molar-refractivity contribution is 7.11. The Hall–Kier alpha value is -2.92. The Labute approximate surface area is 156 Å². The number of carbonyl (C=O) groups excluding carboxylic acids is 2. The van der Waals surface area contributed by atoms with Gasteiger partial charge in [-0.3, -0.25) is 4.79 Å². The first-order chi connectivity index (χ1) is 12.6. The second kappa shape index (κ2) is 8.45. The highest BCUT2D eigenvalue weighted by atomic mass is 32.1. The number of nitrogens with zero attached hydrogens (tertiary/aromatic N) is 1. The van der Waals surface area contributed by atoms with Crippen LogP contribution in [0.4, 0.5) is 5.69 Å². The summed E-state index contributed by atoms with van der Waals surface area (Å²) < 4.78 is 5.20. The molecule has 1 aromatic heterocycles. The van der Waals surface area contributed by atoms with Gasteiger partial charge in [-0.2, -0.15) is 0 Å². The van der Waals surface area contributed by atoms with E-state index >= 15 is 0 Å². The van der Waals surface area contributed by atoms with Gasteiger partial charge in [0.1, 0.15) is 4.88 Å². The second-order valence-corrected chi connectivity index (χ2v) is 6.81. The minimum absolute atomic E-state index is 0.260. The van der Waals surface area contributed by atoms with E-state index in [-0.39, 0.29) is 12.5 Å². The molecule has 2 aromatic carbocycles. The fourth-order valence-corrected chi connectivity index (χ4v) is 3.17. The van der Waals surface area contributed by atoms with E-state index in [2.05, 4.69) is 0 Å². The van der Waals surface area contributed by atoms with Crippen molar-refractivity contribution >= 4 is 28.9 Å². The molecule has 3 rings (SSSR count). The van der Waals surface area contributed by atoms with Crippen LogP contribution in [0.3, 0.4) is 0 Å². The number of esters is 1. The average molecular weight is 365 g/mol. The Bertz CT molecular complexity index is 875. The fourth-order valence-electron chi connectivity index (χ4n) is 2.56. The molecule has 0 fully saturated rings. The number of amides is 1. The van der Waals surface area contributed by atoms with E-state index in [1.54, 1.807) is 22.4 Å². The van der Waals surface area contributed by atoms with Gasteiger partial charge in [-0.25, -0.2) is 4.79 Å². The number of benzene rings is 2. The SMILES string of the molecule is Cc1cccc(N(Cc2ccccc2)C(=O)COC(=O)c2cccs2)c1. The van der Waals surface area contributed by atoms with Gasteiger partial charge in [0.15, 0.2) is 6.61 Å². The van der Waals surface area contributed by atoms with Crippen molar-refractivity contribution in [2.45, 2.75) is 13.5 Å². The summed E-state index contributed by atoms with van der Waals surface area (Å²) in [7, 11) is 0. The molecule has 0 N–H and O–H groups in total.